The van der Waals surface area contributed by atoms with Gasteiger partial charge in [-0.05, 0) is 55.3 Å². The number of hydrogen-bond acceptors (Lipinski definition) is 6. The summed E-state index contributed by atoms with van der Waals surface area (Å²) in [4.78, 5) is 12.3. The van der Waals surface area contributed by atoms with Crippen LogP contribution >= 0.6 is 46.3 Å². The molecule has 0 fully saturated rings. The molecule has 0 radical (unpaired) electrons. The molecular formula is C18H15Cl2N3O2S2. The number of carbonyl (C=O) groups excluding carboxylic acids is 1. The zero-order valence-corrected chi connectivity index (χ0v) is 17.6. The molecule has 1 amide bonds. The molecule has 3 rings (SSSR count). The molecule has 0 saturated carbocycles. The summed E-state index contributed by atoms with van der Waals surface area (Å²) in [5.74, 6) is 1.22. The molecule has 9 heteroatoms. The maximum absolute atomic E-state index is 12.3. The van der Waals surface area contributed by atoms with E-state index >= 15 is 0 Å². The minimum atomic E-state index is -0.188. The highest BCUT2D eigenvalue weighted by molar-refractivity contribution is 8.01. The fourth-order valence-corrected chi connectivity index (χ4v) is 4.18. The van der Waals surface area contributed by atoms with Gasteiger partial charge in [0.1, 0.15) is 11.3 Å². The number of anilines is 1. The monoisotopic (exact) mass is 439 g/mol. The minimum absolute atomic E-state index is 0.188. The summed E-state index contributed by atoms with van der Waals surface area (Å²) >= 11 is 14.9. The maximum Gasteiger partial charge on any atom is 0.234 e. The lowest BCUT2D eigenvalue weighted by atomic mass is 10.1. The highest BCUT2D eigenvalue weighted by Crippen LogP contribution is 2.36. The molecule has 0 aliphatic rings. The molecule has 3 aromatic rings. The molecule has 27 heavy (non-hydrogen) atoms. The number of nitrogens with one attached hydrogen (secondary N) is 1. The molecule has 0 unspecified atom stereocenters. The number of halogens is 2. The first-order valence-corrected chi connectivity index (χ1v) is 10.5. The Labute approximate surface area is 175 Å². The van der Waals surface area contributed by atoms with Crippen molar-refractivity contribution >= 4 is 57.9 Å². The first-order chi connectivity index (χ1) is 12.9. The zero-order valence-electron chi connectivity index (χ0n) is 14.5. The van der Waals surface area contributed by atoms with Gasteiger partial charge in [0.05, 0.1) is 11.4 Å². The number of nitrogens with zero attached hydrogens (tertiary/aromatic N) is 2. The Morgan fingerprint density at radius 1 is 1.19 bits per heavy atom. The van der Waals surface area contributed by atoms with Crippen molar-refractivity contribution in [2.75, 3.05) is 11.1 Å². The molecule has 140 valence electrons. The lowest BCUT2D eigenvalue weighted by Crippen LogP contribution is -2.14. The largest absolute Gasteiger partial charge is 0.455 e. The van der Waals surface area contributed by atoms with E-state index in [1.165, 1.54) is 23.1 Å². The normalized spacial score (nSPS) is 10.7. The Kier molecular flexibility index (Phi) is 6.59. The Bertz CT molecular complexity index is 942. The van der Waals surface area contributed by atoms with E-state index in [1.54, 1.807) is 23.7 Å². The van der Waals surface area contributed by atoms with E-state index in [4.69, 9.17) is 27.9 Å². The number of aryl methyl sites for hydroxylation is 2. The van der Waals surface area contributed by atoms with Crippen molar-refractivity contribution in [3.63, 3.8) is 0 Å². The topological polar surface area (TPSA) is 64.1 Å². The van der Waals surface area contributed by atoms with Crippen LogP contribution in [0.15, 0.2) is 40.2 Å². The number of hydrogen-bond donors (Lipinski definition) is 1. The second kappa shape index (κ2) is 8.93. The smallest absolute Gasteiger partial charge is 0.234 e. The zero-order chi connectivity index (χ0) is 19.4. The first-order valence-electron chi connectivity index (χ1n) is 7.85. The summed E-state index contributed by atoms with van der Waals surface area (Å²) in [5.41, 5.74) is 3.93. The number of rotatable bonds is 6. The van der Waals surface area contributed by atoms with Crippen molar-refractivity contribution in [3.8, 4) is 11.5 Å². The predicted molar refractivity (Wildman–Crippen MR) is 112 cm³/mol. The average Bonchev–Trinajstić information content (AvgIpc) is 3.11. The number of benzene rings is 2. The van der Waals surface area contributed by atoms with Crippen molar-refractivity contribution in [3.05, 3.63) is 57.0 Å². The van der Waals surface area contributed by atoms with Gasteiger partial charge in [-0.3, -0.25) is 4.79 Å². The molecule has 2 aromatic carbocycles. The van der Waals surface area contributed by atoms with Crippen molar-refractivity contribution in [1.29, 1.82) is 0 Å². The Morgan fingerprint density at radius 2 is 1.93 bits per heavy atom. The molecule has 0 aliphatic heterocycles. The number of ether oxygens (including phenoxy) is 1. The van der Waals surface area contributed by atoms with Gasteiger partial charge in [-0.2, -0.15) is 0 Å². The van der Waals surface area contributed by atoms with E-state index in [-0.39, 0.29) is 11.7 Å². The number of thioether (sulfide) groups is 1. The molecular weight excluding hydrogens is 425 g/mol. The standard InChI is InChI=1S/C18H15Cl2N3O2S2/c1-10-5-13(20)6-11(2)17(10)25-15-4-3-12(19)7-14(15)22-16(24)8-26-18-23-21-9-27-18/h3-7,9H,8H2,1-2H3,(H,22,24). The van der Waals surface area contributed by atoms with Crippen LogP contribution in [0, 0.1) is 13.8 Å². The second-order valence-corrected chi connectivity index (χ2v) is 8.58. The van der Waals surface area contributed by atoms with Crippen LogP contribution < -0.4 is 10.1 Å². The van der Waals surface area contributed by atoms with E-state index in [9.17, 15) is 4.79 Å². The highest BCUT2D eigenvalue weighted by atomic mass is 35.5. The van der Waals surface area contributed by atoms with Crippen LogP contribution in [0.3, 0.4) is 0 Å². The van der Waals surface area contributed by atoms with Gasteiger partial charge < -0.3 is 10.1 Å². The summed E-state index contributed by atoms with van der Waals surface area (Å²) in [7, 11) is 0. The summed E-state index contributed by atoms with van der Waals surface area (Å²) in [6.07, 6.45) is 0. The fourth-order valence-electron chi connectivity index (χ4n) is 2.40. The first kappa shape index (κ1) is 19.9. The van der Waals surface area contributed by atoms with Gasteiger partial charge in [0.2, 0.25) is 5.91 Å². The van der Waals surface area contributed by atoms with Crippen LogP contribution in [-0.2, 0) is 4.79 Å². The Hall–Kier alpha value is -1.80. The van der Waals surface area contributed by atoms with Crippen molar-refractivity contribution in [2.24, 2.45) is 0 Å². The minimum Gasteiger partial charge on any atom is -0.455 e. The average molecular weight is 440 g/mol. The van der Waals surface area contributed by atoms with E-state index in [1.807, 2.05) is 26.0 Å². The molecule has 0 spiro atoms. The van der Waals surface area contributed by atoms with Gasteiger partial charge >= 0.3 is 0 Å². The Morgan fingerprint density at radius 3 is 2.59 bits per heavy atom. The second-order valence-electron chi connectivity index (χ2n) is 5.65. The van der Waals surface area contributed by atoms with E-state index in [2.05, 4.69) is 15.5 Å². The van der Waals surface area contributed by atoms with E-state index in [0.717, 1.165) is 15.5 Å². The number of aromatic nitrogens is 2. The van der Waals surface area contributed by atoms with Crippen LogP contribution in [-0.4, -0.2) is 21.9 Å². The van der Waals surface area contributed by atoms with Crippen LogP contribution in [0.25, 0.3) is 0 Å². The quantitative estimate of drug-likeness (QED) is 0.478. The van der Waals surface area contributed by atoms with Crippen LogP contribution in [0.4, 0.5) is 5.69 Å². The van der Waals surface area contributed by atoms with Gasteiger partial charge in [0, 0.05) is 10.0 Å². The lowest BCUT2D eigenvalue weighted by molar-refractivity contribution is -0.113. The molecule has 0 aliphatic carbocycles. The Balaban J connectivity index is 1.78. The molecule has 1 heterocycles. The third-order valence-electron chi connectivity index (χ3n) is 3.52. The van der Waals surface area contributed by atoms with Crippen LogP contribution in [0.5, 0.6) is 11.5 Å². The summed E-state index contributed by atoms with van der Waals surface area (Å²) in [6, 6.07) is 8.75. The van der Waals surface area contributed by atoms with Gasteiger partial charge in [-0.1, -0.05) is 46.3 Å². The van der Waals surface area contributed by atoms with E-state index in [0.29, 0.717) is 27.2 Å². The maximum atomic E-state index is 12.3. The number of carbonyl (C=O) groups is 1. The molecule has 5 nitrogen and oxygen atoms in total. The predicted octanol–water partition coefficient (Wildman–Crippen LogP) is 5.98. The van der Waals surface area contributed by atoms with Gasteiger partial charge in [-0.25, -0.2) is 0 Å². The molecule has 0 saturated heterocycles. The SMILES string of the molecule is Cc1cc(Cl)cc(C)c1Oc1ccc(Cl)cc1NC(=O)CSc1nncs1. The fraction of sp³-hybridized carbons (Fsp3) is 0.167. The lowest BCUT2D eigenvalue weighted by Gasteiger charge is -2.16. The summed E-state index contributed by atoms with van der Waals surface area (Å²) in [6.45, 7) is 3.84. The summed E-state index contributed by atoms with van der Waals surface area (Å²) in [5, 5.41) is 11.6. The van der Waals surface area contributed by atoms with Gasteiger partial charge in [0.25, 0.3) is 0 Å². The third kappa shape index (κ3) is 5.35. The van der Waals surface area contributed by atoms with Gasteiger partial charge in [0.15, 0.2) is 10.1 Å². The molecule has 0 atom stereocenters. The summed E-state index contributed by atoms with van der Waals surface area (Å²) < 4.78 is 6.81. The van der Waals surface area contributed by atoms with E-state index < -0.39 is 0 Å². The van der Waals surface area contributed by atoms with Crippen LogP contribution in [0.1, 0.15) is 11.1 Å². The van der Waals surface area contributed by atoms with Crippen molar-refractivity contribution in [1.82, 2.24) is 10.2 Å². The highest BCUT2D eigenvalue weighted by Gasteiger charge is 2.14. The number of amides is 1. The van der Waals surface area contributed by atoms with Gasteiger partial charge in [-0.15, -0.1) is 10.2 Å². The molecule has 0 bridgehead atoms. The van der Waals surface area contributed by atoms with Crippen LogP contribution in [0.2, 0.25) is 10.0 Å². The molecule has 1 N–H and O–H groups in total. The third-order valence-corrected chi connectivity index (χ3v) is 5.83. The molecule has 1 aromatic heterocycles. The van der Waals surface area contributed by atoms with Crippen molar-refractivity contribution in [2.45, 2.75) is 18.2 Å². The van der Waals surface area contributed by atoms with Crippen molar-refractivity contribution < 1.29 is 9.53 Å².